The van der Waals surface area contributed by atoms with E-state index in [0.717, 1.165) is 30.7 Å². The standard InChI is InChI=1S/C18H24N4O3/c1-12(15-8-4-5-9-16(15)24-3)19-18(23)22-10-6-7-14(11-22)17-20-13(2)21-25-17/h4-5,8-9,12,14H,6-7,10-11H2,1-3H3,(H,19,23). The molecule has 0 radical (unpaired) electrons. The topological polar surface area (TPSA) is 80.5 Å². The number of amides is 2. The Labute approximate surface area is 147 Å². The first-order chi connectivity index (χ1) is 12.1. The van der Waals surface area contributed by atoms with Crippen LogP contribution in [0.2, 0.25) is 0 Å². The van der Waals surface area contributed by atoms with Crippen molar-refractivity contribution in [2.45, 2.75) is 38.6 Å². The van der Waals surface area contributed by atoms with E-state index >= 15 is 0 Å². The molecule has 1 aliphatic rings. The molecule has 7 heteroatoms. The van der Waals surface area contributed by atoms with Crippen LogP contribution in [0.3, 0.4) is 0 Å². The zero-order valence-electron chi connectivity index (χ0n) is 14.9. The Morgan fingerprint density at radius 1 is 1.44 bits per heavy atom. The molecule has 0 spiro atoms. The summed E-state index contributed by atoms with van der Waals surface area (Å²) in [6, 6.07) is 7.49. The van der Waals surface area contributed by atoms with Gasteiger partial charge in [-0.15, -0.1) is 0 Å². The van der Waals surface area contributed by atoms with Crippen molar-refractivity contribution in [1.82, 2.24) is 20.4 Å². The summed E-state index contributed by atoms with van der Waals surface area (Å²) in [4.78, 5) is 18.8. The van der Waals surface area contributed by atoms with Crippen LogP contribution < -0.4 is 10.1 Å². The summed E-state index contributed by atoms with van der Waals surface area (Å²) in [5.41, 5.74) is 0.958. The molecule has 134 valence electrons. The van der Waals surface area contributed by atoms with E-state index in [9.17, 15) is 4.79 Å². The lowest BCUT2D eigenvalue weighted by atomic mass is 9.98. The Morgan fingerprint density at radius 2 is 2.24 bits per heavy atom. The molecule has 1 saturated heterocycles. The third-order valence-electron chi connectivity index (χ3n) is 4.55. The number of para-hydroxylation sites is 1. The highest BCUT2D eigenvalue weighted by molar-refractivity contribution is 5.75. The van der Waals surface area contributed by atoms with E-state index in [0.29, 0.717) is 18.3 Å². The first-order valence-electron chi connectivity index (χ1n) is 8.57. The highest BCUT2D eigenvalue weighted by Gasteiger charge is 2.29. The number of likely N-dealkylation sites (tertiary alicyclic amines) is 1. The lowest BCUT2D eigenvalue weighted by Crippen LogP contribution is -2.45. The van der Waals surface area contributed by atoms with Gasteiger partial charge in [-0.25, -0.2) is 4.79 Å². The van der Waals surface area contributed by atoms with Crippen LogP contribution in [0, 0.1) is 6.92 Å². The van der Waals surface area contributed by atoms with Crippen molar-refractivity contribution >= 4 is 6.03 Å². The monoisotopic (exact) mass is 344 g/mol. The zero-order chi connectivity index (χ0) is 17.8. The molecule has 2 amide bonds. The average molecular weight is 344 g/mol. The Morgan fingerprint density at radius 3 is 2.96 bits per heavy atom. The number of ether oxygens (including phenoxy) is 1. The summed E-state index contributed by atoms with van der Waals surface area (Å²) in [6.45, 7) is 5.08. The van der Waals surface area contributed by atoms with Crippen molar-refractivity contribution < 1.29 is 14.1 Å². The van der Waals surface area contributed by atoms with E-state index < -0.39 is 0 Å². The molecule has 2 unspecified atom stereocenters. The maximum absolute atomic E-state index is 12.7. The van der Waals surface area contributed by atoms with E-state index in [1.807, 2.05) is 36.1 Å². The van der Waals surface area contributed by atoms with Crippen molar-refractivity contribution in [1.29, 1.82) is 0 Å². The van der Waals surface area contributed by atoms with Crippen molar-refractivity contribution in [3.8, 4) is 5.75 Å². The lowest BCUT2D eigenvalue weighted by Gasteiger charge is -2.32. The smallest absolute Gasteiger partial charge is 0.317 e. The number of aryl methyl sites for hydroxylation is 1. The number of nitrogens with one attached hydrogen (secondary N) is 1. The number of methoxy groups -OCH3 is 1. The SMILES string of the molecule is COc1ccccc1C(C)NC(=O)N1CCCC(c2nc(C)no2)C1. The molecule has 0 bridgehead atoms. The van der Waals surface area contributed by atoms with Gasteiger partial charge in [0, 0.05) is 18.7 Å². The van der Waals surface area contributed by atoms with Crippen molar-refractivity contribution in [3.05, 3.63) is 41.5 Å². The predicted molar refractivity (Wildman–Crippen MR) is 92.5 cm³/mol. The number of carbonyl (C=O) groups excluding carboxylic acids is 1. The molecule has 1 fully saturated rings. The van der Waals surface area contributed by atoms with Crippen LogP contribution >= 0.6 is 0 Å². The second kappa shape index (κ2) is 7.55. The largest absolute Gasteiger partial charge is 0.496 e. The molecular weight excluding hydrogens is 320 g/mol. The number of benzene rings is 1. The number of urea groups is 1. The molecular formula is C18H24N4O3. The van der Waals surface area contributed by atoms with E-state index in [2.05, 4.69) is 15.5 Å². The van der Waals surface area contributed by atoms with E-state index in [1.54, 1.807) is 14.0 Å². The van der Waals surface area contributed by atoms with Crippen LogP contribution in [0.5, 0.6) is 5.75 Å². The van der Waals surface area contributed by atoms with Gasteiger partial charge in [-0.1, -0.05) is 23.4 Å². The Hall–Kier alpha value is -2.57. The van der Waals surface area contributed by atoms with Gasteiger partial charge in [0.15, 0.2) is 5.82 Å². The van der Waals surface area contributed by atoms with Gasteiger partial charge in [0.1, 0.15) is 5.75 Å². The fourth-order valence-corrected chi connectivity index (χ4v) is 3.22. The molecule has 0 saturated carbocycles. The van der Waals surface area contributed by atoms with Crippen molar-refractivity contribution in [2.75, 3.05) is 20.2 Å². The molecule has 25 heavy (non-hydrogen) atoms. The van der Waals surface area contributed by atoms with E-state index in [4.69, 9.17) is 9.26 Å². The maximum Gasteiger partial charge on any atom is 0.317 e. The molecule has 3 rings (SSSR count). The van der Waals surface area contributed by atoms with Gasteiger partial charge in [0.05, 0.1) is 19.1 Å². The number of nitrogens with zero attached hydrogens (tertiary/aromatic N) is 3. The number of piperidine rings is 1. The summed E-state index contributed by atoms with van der Waals surface area (Å²) in [7, 11) is 1.63. The molecule has 2 atom stereocenters. The molecule has 1 aliphatic heterocycles. The molecule has 1 N–H and O–H groups in total. The first kappa shape index (κ1) is 17.3. The highest BCUT2D eigenvalue weighted by atomic mass is 16.5. The van der Waals surface area contributed by atoms with Crippen LogP contribution in [-0.2, 0) is 0 Å². The zero-order valence-corrected chi connectivity index (χ0v) is 14.9. The third-order valence-corrected chi connectivity index (χ3v) is 4.55. The fourth-order valence-electron chi connectivity index (χ4n) is 3.22. The minimum Gasteiger partial charge on any atom is -0.496 e. The van der Waals surface area contributed by atoms with E-state index in [1.165, 1.54) is 0 Å². The van der Waals surface area contributed by atoms with Gasteiger partial charge in [-0.05, 0) is 32.8 Å². The van der Waals surface area contributed by atoms with Gasteiger partial charge < -0.3 is 19.5 Å². The number of aromatic nitrogens is 2. The van der Waals surface area contributed by atoms with Crippen LogP contribution in [-0.4, -0.2) is 41.3 Å². The van der Waals surface area contributed by atoms with Crippen molar-refractivity contribution in [2.24, 2.45) is 0 Å². The number of rotatable bonds is 4. The molecule has 2 heterocycles. The minimum absolute atomic E-state index is 0.0839. The second-order valence-electron chi connectivity index (χ2n) is 6.38. The number of hydrogen-bond acceptors (Lipinski definition) is 5. The summed E-state index contributed by atoms with van der Waals surface area (Å²) in [6.07, 6.45) is 1.87. The number of carbonyl (C=O) groups is 1. The summed E-state index contributed by atoms with van der Waals surface area (Å²) >= 11 is 0. The normalized spacial score (nSPS) is 18.7. The highest BCUT2D eigenvalue weighted by Crippen LogP contribution is 2.27. The van der Waals surface area contributed by atoms with Crippen LogP contribution in [0.4, 0.5) is 4.79 Å². The van der Waals surface area contributed by atoms with E-state index in [-0.39, 0.29) is 18.0 Å². The van der Waals surface area contributed by atoms with Crippen molar-refractivity contribution in [3.63, 3.8) is 0 Å². The first-order valence-corrected chi connectivity index (χ1v) is 8.57. The van der Waals surface area contributed by atoms with Gasteiger partial charge in [-0.2, -0.15) is 4.98 Å². The third kappa shape index (κ3) is 3.92. The molecule has 7 nitrogen and oxygen atoms in total. The maximum atomic E-state index is 12.7. The van der Waals surface area contributed by atoms with Crippen LogP contribution in [0.1, 0.15) is 49.0 Å². The van der Waals surface area contributed by atoms with Gasteiger partial charge >= 0.3 is 6.03 Å². The summed E-state index contributed by atoms with van der Waals surface area (Å²) < 4.78 is 10.7. The molecule has 1 aromatic heterocycles. The molecule has 2 aromatic rings. The Kier molecular flexibility index (Phi) is 5.21. The second-order valence-corrected chi connectivity index (χ2v) is 6.38. The predicted octanol–water partition coefficient (Wildman–Crippen LogP) is 3.04. The fraction of sp³-hybridized carbons (Fsp3) is 0.500. The minimum atomic E-state index is -0.144. The van der Waals surface area contributed by atoms with Crippen LogP contribution in [0.15, 0.2) is 28.8 Å². The van der Waals surface area contributed by atoms with Gasteiger partial charge in [-0.3, -0.25) is 0 Å². The van der Waals surface area contributed by atoms with Gasteiger partial charge in [0.25, 0.3) is 0 Å². The molecule has 1 aromatic carbocycles. The lowest BCUT2D eigenvalue weighted by molar-refractivity contribution is 0.169. The Bertz CT molecular complexity index is 731. The Balaban J connectivity index is 1.64. The number of hydrogen-bond donors (Lipinski definition) is 1. The van der Waals surface area contributed by atoms with Gasteiger partial charge in [0.2, 0.25) is 5.89 Å². The van der Waals surface area contributed by atoms with Crippen LogP contribution in [0.25, 0.3) is 0 Å². The average Bonchev–Trinajstić information content (AvgIpc) is 3.08. The quantitative estimate of drug-likeness (QED) is 0.922. The summed E-state index contributed by atoms with van der Waals surface area (Å²) in [5.74, 6) is 2.12. The summed E-state index contributed by atoms with van der Waals surface area (Å²) in [5, 5.41) is 6.91. The molecule has 0 aliphatic carbocycles.